The van der Waals surface area contributed by atoms with Crippen LogP contribution in [0.15, 0.2) is 46.9 Å². The Balaban J connectivity index is 2.22. The monoisotopic (exact) mass is 359 g/mol. The van der Waals surface area contributed by atoms with Crippen LogP contribution >= 0.6 is 0 Å². The average molecular weight is 359 g/mol. The standard InChI is InChI=1S/C24H23N2O/c1-14(2)17-10-11-20(26(6)13-17)22-16(4)12-15(3)21-18-8-7-9-19(25-5)23(18)27-24(21)22/h7-14H,1-4,6H3/q+1/i10D,11D,13D,14D. The number of para-hydroxylation sites is 1. The number of benzene rings is 2. The lowest BCUT2D eigenvalue weighted by molar-refractivity contribution is -0.660. The van der Waals surface area contributed by atoms with Gasteiger partial charge in [0.05, 0.1) is 14.9 Å². The van der Waals surface area contributed by atoms with Gasteiger partial charge >= 0.3 is 0 Å². The summed E-state index contributed by atoms with van der Waals surface area (Å²) in [4.78, 5) is 3.58. The number of pyridine rings is 1. The topological polar surface area (TPSA) is 21.4 Å². The van der Waals surface area contributed by atoms with Gasteiger partial charge in [0, 0.05) is 23.7 Å². The normalized spacial score (nSPS) is 13.9. The molecule has 0 N–H and O–H groups in total. The second-order valence-corrected chi connectivity index (χ2v) is 7.10. The molecule has 0 saturated carbocycles. The molecule has 0 aliphatic heterocycles. The zero-order chi connectivity index (χ0) is 22.8. The summed E-state index contributed by atoms with van der Waals surface area (Å²) in [5.74, 6) is -1.18. The molecule has 2 aromatic carbocycles. The minimum absolute atomic E-state index is 0.0297. The smallest absolute Gasteiger partial charge is 0.229 e. The predicted molar refractivity (Wildman–Crippen MR) is 110 cm³/mol. The molecule has 2 heterocycles. The zero-order valence-corrected chi connectivity index (χ0v) is 16.1. The Kier molecular flexibility index (Phi) is 3.03. The quantitative estimate of drug-likeness (QED) is 0.301. The fraction of sp³-hybridized carbons (Fsp3) is 0.250. The number of aryl methyl sites for hydroxylation is 2. The van der Waals surface area contributed by atoms with Crippen molar-refractivity contribution in [2.45, 2.75) is 33.6 Å². The van der Waals surface area contributed by atoms with Crippen LogP contribution in [0, 0.1) is 20.4 Å². The number of rotatable bonds is 2. The Morgan fingerprint density at radius 2 is 1.96 bits per heavy atom. The molecule has 0 radical (unpaired) electrons. The molecule has 0 unspecified atom stereocenters. The number of hydrogen-bond donors (Lipinski definition) is 0. The van der Waals surface area contributed by atoms with E-state index in [1.807, 2.05) is 32.0 Å². The van der Waals surface area contributed by atoms with Crippen molar-refractivity contribution >= 4 is 27.6 Å². The Morgan fingerprint density at radius 3 is 2.67 bits per heavy atom. The van der Waals surface area contributed by atoms with Crippen molar-refractivity contribution in [1.29, 1.82) is 0 Å². The minimum atomic E-state index is -1.18. The zero-order valence-electron chi connectivity index (χ0n) is 20.1. The number of fused-ring (bicyclic) bond motifs is 3. The summed E-state index contributed by atoms with van der Waals surface area (Å²) in [5.41, 5.74) is 4.56. The first-order valence-electron chi connectivity index (χ1n) is 10.8. The molecular formula is C24H23N2O+. The highest BCUT2D eigenvalue weighted by atomic mass is 16.3. The third-order valence-electron chi connectivity index (χ3n) is 4.92. The fourth-order valence-corrected chi connectivity index (χ4v) is 3.63. The molecule has 4 aromatic rings. The Labute approximate surface area is 165 Å². The number of aromatic nitrogens is 1. The van der Waals surface area contributed by atoms with E-state index in [9.17, 15) is 0 Å². The maximum Gasteiger partial charge on any atom is 0.229 e. The molecule has 4 rings (SSSR count). The van der Waals surface area contributed by atoms with Gasteiger partial charge in [-0.05, 0) is 36.9 Å². The van der Waals surface area contributed by atoms with Crippen LogP contribution in [0.25, 0.3) is 38.0 Å². The second kappa shape index (κ2) is 6.25. The summed E-state index contributed by atoms with van der Waals surface area (Å²) < 4.78 is 42.1. The van der Waals surface area contributed by atoms with Gasteiger partial charge in [0.1, 0.15) is 19.6 Å². The van der Waals surface area contributed by atoms with E-state index in [0.29, 0.717) is 28.1 Å². The first-order chi connectivity index (χ1) is 14.5. The van der Waals surface area contributed by atoms with Crippen LogP contribution in [0.3, 0.4) is 0 Å². The highest BCUT2D eigenvalue weighted by Gasteiger charge is 2.23. The van der Waals surface area contributed by atoms with Crippen LogP contribution < -0.4 is 4.57 Å². The van der Waals surface area contributed by atoms with Crippen LogP contribution in [-0.2, 0) is 7.05 Å². The molecule has 0 atom stereocenters. The maximum absolute atomic E-state index is 8.76. The summed E-state index contributed by atoms with van der Waals surface area (Å²) >= 11 is 0. The minimum Gasteiger partial charge on any atom is -0.466 e. The first kappa shape index (κ1) is 13.1. The lowest BCUT2D eigenvalue weighted by Gasteiger charge is -2.10. The molecule has 0 spiro atoms. The van der Waals surface area contributed by atoms with Gasteiger partial charge in [-0.1, -0.05) is 38.1 Å². The van der Waals surface area contributed by atoms with Gasteiger partial charge in [-0.2, -0.15) is 0 Å². The highest BCUT2D eigenvalue weighted by Crippen LogP contribution is 2.41. The van der Waals surface area contributed by atoms with E-state index >= 15 is 0 Å². The van der Waals surface area contributed by atoms with Crippen molar-refractivity contribution in [2.24, 2.45) is 7.05 Å². The summed E-state index contributed by atoms with van der Waals surface area (Å²) in [6, 6.07) is 7.30. The first-order valence-corrected chi connectivity index (χ1v) is 8.82. The van der Waals surface area contributed by atoms with E-state index in [-0.39, 0.29) is 23.8 Å². The number of furan rings is 1. The van der Waals surface area contributed by atoms with Crippen LogP contribution in [0.1, 0.15) is 41.9 Å². The Morgan fingerprint density at radius 1 is 1.19 bits per heavy atom. The van der Waals surface area contributed by atoms with Crippen molar-refractivity contribution in [3.8, 4) is 11.3 Å². The van der Waals surface area contributed by atoms with Gasteiger partial charge in [-0.3, -0.25) is 0 Å². The van der Waals surface area contributed by atoms with E-state index in [4.69, 9.17) is 16.5 Å². The molecule has 27 heavy (non-hydrogen) atoms. The fourth-order valence-electron chi connectivity index (χ4n) is 3.63. The Bertz CT molecular complexity index is 1410. The summed E-state index contributed by atoms with van der Waals surface area (Å²) in [7, 11) is 1.68. The molecule has 0 fully saturated rings. The molecule has 3 nitrogen and oxygen atoms in total. The van der Waals surface area contributed by atoms with Gasteiger partial charge < -0.3 is 4.42 Å². The van der Waals surface area contributed by atoms with Gasteiger partial charge in [-0.15, -0.1) is 0 Å². The molecule has 0 aliphatic carbocycles. The SMILES string of the molecule is [2H]c1c([2H])c(-c2c(C)cc(C)c3c2oc2c([N+]#[C-])cccc23)[n+](C)c([2H])c1C([2H])(C)C. The second-order valence-electron chi connectivity index (χ2n) is 7.10. The van der Waals surface area contributed by atoms with Gasteiger partial charge in [0.2, 0.25) is 11.4 Å². The number of hydrogen-bond acceptors (Lipinski definition) is 1. The van der Waals surface area contributed by atoms with E-state index in [1.54, 1.807) is 31.5 Å². The Hall–Kier alpha value is -3.12. The maximum atomic E-state index is 8.76. The third kappa shape index (κ3) is 2.61. The van der Waals surface area contributed by atoms with Crippen LogP contribution in [0.4, 0.5) is 5.69 Å². The third-order valence-corrected chi connectivity index (χ3v) is 4.92. The lowest BCUT2D eigenvalue weighted by atomic mass is 9.96. The average Bonchev–Trinajstić information content (AvgIpc) is 3.07. The molecule has 134 valence electrons. The predicted octanol–water partition coefficient (Wildman–Crippen LogP) is 6.37. The molecule has 0 amide bonds. The molecule has 0 bridgehead atoms. The number of nitrogens with zero attached hydrogens (tertiary/aromatic N) is 2. The van der Waals surface area contributed by atoms with E-state index in [1.165, 1.54) is 0 Å². The van der Waals surface area contributed by atoms with Crippen molar-refractivity contribution in [1.82, 2.24) is 0 Å². The summed E-state index contributed by atoms with van der Waals surface area (Å²) in [5, 5.41) is 1.70. The van der Waals surface area contributed by atoms with Gasteiger partial charge in [0.25, 0.3) is 0 Å². The lowest BCUT2D eigenvalue weighted by Crippen LogP contribution is -2.31. The molecule has 2 aromatic heterocycles. The molecule has 0 saturated heterocycles. The van der Waals surface area contributed by atoms with Crippen LogP contribution in [-0.4, -0.2) is 0 Å². The van der Waals surface area contributed by atoms with E-state index in [0.717, 1.165) is 21.9 Å². The van der Waals surface area contributed by atoms with Crippen molar-refractivity contribution in [2.75, 3.05) is 0 Å². The van der Waals surface area contributed by atoms with Crippen LogP contribution in [0.2, 0.25) is 0 Å². The summed E-state index contributed by atoms with van der Waals surface area (Å²) in [6.45, 7) is 14.6. The van der Waals surface area contributed by atoms with Gasteiger partial charge in [-0.25, -0.2) is 9.41 Å². The summed E-state index contributed by atoms with van der Waals surface area (Å²) in [6.07, 6.45) is 0.0297. The molecule has 3 heteroatoms. The molecule has 0 aliphatic rings. The van der Waals surface area contributed by atoms with Gasteiger partial charge in [0.15, 0.2) is 6.17 Å². The van der Waals surface area contributed by atoms with E-state index < -0.39 is 5.89 Å². The van der Waals surface area contributed by atoms with Crippen LogP contribution in [0.5, 0.6) is 0 Å². The molecular weight excluding hydrogens is 332 g/mol. The van der Waals surface area contributed by atoms with Crippen molar-refractivity contribution in [3.63, 3.8) is 0 Å². The van der Waals surface area contributed by atoms with Crippen molar-refractivity contribution in [3.05, 3.63) is 70.6 Å². The largest absolute Gasteiger partial charge is 0.466 e. The highest BCUT2D eigenvalue weighted by molar-refractivity contribution is 6.14. The van der Waals surface area contributed by atoms with E-state index in [2.05, 4.69) is 4.85 Å². The van der Waals surface area contributed by atoms with Crippen molar-refractivity contribution < 1.29 is 14.5 Å².